The van der Waals surface area contributed by atoms with Crippen molar-refractivity contribution in [3.63, 3.8) is 0 Å². The molecule has 0 aliphatic carbocycles. The van der Waals surface area contributed by atoms with E-state index in [2.05, 4.69) is 5.32 Å². The van der Waals surface area contributed by atoms with Gasteiger partial charge in [-0.15, -0.1) is 0 Å². The fraction of sp³-hybridized carbons (Fsp3) is 0.364. The Kier molecular flexibility index (Phi) is 4.38. The van der Waals surface area contributed by atoms with Crippen molar-refractivity contribution >= 4 is 11.8 Å². The predicted octanol–water partition coefficient (Wildman–Crippen LogP) is 2.98. The highest BCUT2D eigenvalue weighted by molar-refractivity contribution is 5.97. The number of phenolic OH excluding ortho intramolecular Hbond substituents is 1. The van der Waals surface area contributed by atoms with E-state index in [1.807, 2.05) is 43.3 Å². The van der Waals surface area contributed by atoms with Gasteiger partial charge in [0.2, 0.25) is 5.91 Å². The lowest BCUT2D eigenvalue weighted by Crippen LogP contribution is -2.52. The van der Waals surface area contributed by atoms with Gasteiger partial charge in [0.05, 0.1) is 11.5 Å². The average Bonchev–Trinajstić information content (AvgIpc) is 2.98. The molecule has 2 aromatic rings. The third-order valence-corrected chi connectivity index (χ3v) is 5.89. The first-order valence-corrected chi connectivity index (χ1v) is 9.43. The SMILES string of the molecule is Cc1ccc(C(=O)N2CCC3(CC2)C[C@H](c2ccccc2)C(=O)N3)c(O)c1. The maximum absolute atomic E-state index is 12.8. The van der Waals surface area contributed by atoms with Gasteiger partial charge in [-0.2, -0.15) is 0 Å². The smallest absolute Gasteiger partial charge is 0.257 e. The van der Waals surface area contributed by atoms with Crippen LogP contribution in [-0.4, -0.2) is 40.4 Å². The van der Waals surface area contributed by atoms with E-state index >= 15 is 0 Å². The molecule has 0 bridgehead atoms. The van der Waals surface area contributed by atoms with Crippen molar-refractivity contribution in [3.05, 3.63) is 65.2 Å². The minimum atomic E-state index is -0.232. The number of nitrogens with zero attached hydrogens (tertiary/aromatic N) is 1. The second-order valence-corrected chi connectivity index (χ2v) is 7.75. The zero-order valence-corrected chi connectivity index (χ0v) is 15.4. The summed E-state index contributed by atoms with van der Waals surface area (Å²) in [6.45, 7) is 3.03. The van der Waals surface area contributed by atoms with Gasteiger partial charge >= 0.3 is 0 Å². The Morgan fingerprint density at radius 2 is 1.85 bits per heavy atom. The summed E-state index contributed by atoms with van der Waals surface area (Å²) in [5.74, 6) is -0.156. The van der Waals surface area contributed by atoms with E-state index in [1.54, 1.807) is 17.0 Å². The summed E-state index contributed by atoms with van der Waals surface area (Å²) in [4.78, 5) is 27.1. The fourth-order valence-corrected chi connectivity index (χ4v) is 4.30. The van der Waals surface area contributed by atoms with Crippen LogP contribution < -0.4 is 5.32 Å². The molecule has 0 aromatic heterocycles. The Hall–Kier alpha value is -2.82. The summed E-state index contributed by atoms with van der Waals surface area (Å²) >= 11 is 0. The summed E-state index contributed by atoms with van der Waals surface area (Å²) in [6, 6.07) is 15.0. The highest BCUT2D eigenvalue weighted by Crippen LogP contribution is 2.39. The molecule has 2 aromatic carbocycles. The number of phenols is 1. The number of rotatable bonds is 2. The van der Waals surface area contributed by atoms with Crippen LogP contribution in [0, 0.1) is 6.92 Å². The number of carbonyl (C=O) groups excluding carboxylic acids is 2. The van der Waals surface area contributed by atoms with Crippen LogP contribution >= 0.6 is 0 Å². The van der Waals surface area contributed by atoms with Gasteiger partial charge in [-0.25, -0.2) is 0 Å². The quantitative estimate of drug-likeness (QED) is 0.861. The minimum absolute atomic E-state index is 0.0265. The molecule has 1 spiro atoms. The molecular weight excluding hydrogens is 340 g/mol. The van der Waals surface area contributed by atoms with Gasteiger partial charge in [-0.1, -0.05) is 36.4 Å². The molecule has 0 unspecified atom stereocenters. The molecule has 2 N–H and O–H groups in total. The van der Waals surface area contributed by atoms with Crippen LogP contribution in [0.1, 0.15) is 46.7 Å². The second-order valence-electron chi connectivity index (χ2n) is 7.75. The third kappa shape index (κ3) is 3.29. The van der Waals surface area contributed by atoms with E-state index in [9.17, 15) is 14.7 Å². The number of likely N-dealkylation sites (tertiary alicyclic amines) is 1. The van der Waals surface area contributed by atoms with Gasteiger partial charge in [-0.3, -0.25) is 9.59 Å². The molecule has 2 heterocycles. The molecule has 2 aliphatic rings. The predicted molar refractivity (Wildman–Crippen MR) is 103 cm³/mol. The van der Waals surface area contributed by atoms with Crippen LogP contribution in [0.5, 0.6) is 5.75 Å². The third-order valence-electron chi connectivity index (χ3n) is 5.89. The van der Waals surface area contributed by atoms with Crippen LogP contribution in [0.4, 0.5) is 0 Å². The monoisotopic (exact) mass is 364 g/mol. The molecule has 2 amide bonds. The van der Waals surface area contributed by atoms with Crippen molar-refractivity contribution in [1.29, 1.82) is 0 Å². The number of piperidine rings is 1. The maximum Gasteiger partial charge on any atom is 0.257 e. The molecule has 140 valence electrons. The fourth-order valence-electron chi connectivity index (χ4n) is 4.30. The van der Waals surface area contributed by atoms with Crippen molar-refractivity contribution in [1.82, 2.24) is 10.2 Å². The number of nitrogens with one attached hydrogen (secondary N) is 1. The normalized spacial score (nSPS) is 21.3. The van der Waals surface area contributed by atoms with Crippen LogP contribution in [0.3, 0.4) is 0 Å². The Labute approximate surface area is 159 Å². The first kappa shape index (κ1) is 17.6. The average molecular weight is 364 g/mol. The largest absolute Gasteiger partial charge is 0.507 e. The van der Waals surface area contributed by atoms with E-state index in [-0.39, 0.29) is 29.0 Å². The summed E-state index contributed by atoms with van der Waals surface area (Å²) in [5, 5.41) is 13.3. The number of hydrogen-bond acceptors (Lipinski definition) is 3. The standard InChI is InChI=1S/C22H24N2O3/c1-15-7-8-17(19(25)13-15)21(27)24-11-9-22(10-12-24)14-18(20(26)23-22)16-5-3-2-4-6-16/h2-8,13,18,25H,9-12,14H2,1H3,(H,23,26)/t18-/m1/s1. The molecule has 0 saturated carbocycles. The highest BCUT2D eigenvalue weighted by Gasteiger charge is 2.46. The van der Waals surface area contributed by atoms with Gasteiger partial charge in [0.25, 0.3) is 5.91 Å². The molecule has 2 aliphatic heterocycles. The van der Waals surface area contributed by atoms with Crippen molar-refractivity contribution in [3.8, 4) is 5.75 Å². The molecular formula is C22H24N2O3. The number of carbonyl (C=O) groups is 2. The van der Waals surface area contributed by atoms with E-state index in [4.69, 9.17) is 0 Å². The lowest BCUT2D eigenvalue weighted by Gasteiger charge is -2.39. The summed E-state index contributed by atoms with van der Waals surface area (Å²) < 4.78 is 0. The van der Waals surface area contributed by atoms with E-state index in [1.165, 1.54) is 0 Å². The summed E-state index contributed by atoms with van der Waals surface area (Å²) in [7, 11) is 0. The number of aryl methyl sites for hydroxylation is 1. The first-order valence-electron chi connectivity index (χ1n) is 9.43. The van der Waals surface area contributed by atoms with E-state index < -0.39 is 0 Å². The lowest BCUT2D eigenvalue weighted by atomic mass is 9.82. The minimum Gasteiger partial charge on any atom is -0.507 e. The molecule has 2 saturated heterocycles. The van der Waals surface area contributed by atoms with Gasteiger partial charge in [0, 0.05) is 18.6 Å². The van der Waals surface area contributed by atoms with Crippen molar-refractivity contribution in [2.24, 2.45) is 0 Å². The molecule has 1 atom stereocenters. The van der Waals surface area contributed by atoms with Crippen LogP contribution in [0.25, 0.3) is 0 Å². The van der Waals surface area contributed by atoms with Crippen molar-refractivity contribution in [2.45, 2.75) is 37.6 Å². The zero-order valence-electron chi connectivity index (χ0n) is 15.4. The Bertz CT molecular complexity index is 870. The van der Waals surface area contributed by atoms with E-state index in [0.717, 1.165) is 30.4 Å². The topological polar surface area (TPSA) is 69.6 Å². The Balaban J connectivity index is 1.44. The first-order chi connectivity index (χ1) is 13.0. The molecule has 5 nitrogen and oxygen atoms in total. The van der Waals surface area contributed by atoms with Gasteiger partial charge < -0.3 is 15.3 Å². The summed E-state index contributed by atoms with van der Waals surface area (Å²) in [5.41, 5.74) is 2.08. The highest BCUT2D eigenvalue weighted by atomic mass is 16.3. The molecule has 5 heteroatoms. The molecule has 2 fully saturated rings. The second kappa shape index (κ2) is 6.72. The number of hydrogen-bond donors (Lipinski definition) is 2. The van der Waals surface area contributed by atoms with Crippen molar-refractivity contribution < 1.29 is 14.7 Å². The van der Waals surface area contributed by atoms with Gasteiger partial charge in [0.1, 0.15) is 5.75 Å². The zero-order chi connectivity index (χ0) is 19.0. The molecule has 0 radical (unpaired) electrons. The molecule has 4 rings (SSSR count). The Morgan fingerprint density at radius 3 is 2.52 bits per heavy atom. The van der Waals surface area contributed by atoms with Crippen molar-refractivity contribution in [2.75, 3.05) is 13.1 Å². The number of amides is 2. The Morgan fingerprint density at radius 1 is 1.15 bits per heavy atom. The van der Waals surface area contributed by atoms with Crippen LogP contribution in [-0.2, 0) is 4.79 Å². The van der Waals surface area contributed by atoms with E-state index in [0.29, 0.717) is 18.7 Å². The molecule has 27 heavy (non-hydrogen) atoms. The van der Waals surface area contributed by atoms with Gasteiger partial charge in [0.15, 0.2) is 0 Å². The van der Waals surface area contributed by atoms with Crippen LogP contribution in [0.15, 0.2) is 48.5 Å². The number of aromatic hydroxyl groups is 1. The van der Waals surface area contributed by atoms with Gasteiger partial charge in [-0.05, 0) is 49.4 Å². The van der Waals surface area contributed by atoms with Crippen LogP contribution in [0.2, 0.25) is 0 Å². The summed E-state index contributed by atoms with van der Waals surface area (Å²) in [6.07, 6.45) is 2.24. The maximum atomic E-state index is 12.8. The number of benzene rings is 2. The lowest BCUT2D eigenvalue weighted by molar-refractivity contribution is -0.121.